The average Bonchev–Trinajstić information content (AvgIpc) is 2.99. The summed E-state index contributed by atoms with van der Waals surface area (Å²) in [6, 6.07) is 6.44. The van der Waals surface area contributed by atoms with E-state index in [2.05, 4.69) is 4.98 Å². The summed E-state index contributed by atoms with van der Waals surface area (Å²) in [4.78, 5) is 71.8. The van der Waals surface area contributed by atoms with E-state index in [1.807, 2.05) is 0 Å². The summed E-state index contributed by atoms with van der Waals surface area (Å²) in [7, 11) is 0. The van der Waals surface area contributed by atoms with Crippen molar-refractivity contribution in [2.45, 2.75) is 11.4 Å². The van der Waals surface area contributed by atoms with Crippen LogP contribution in [0.3, 0.4) is 0 Å². The predicted octanol–water partition coefficient (Wildman–Crippen LogP) is 0.597. The van der Waals surface area contributed by atoms with Gasteiger partial charge in [-0.2, -0.15) is 0 Å². The Morgan fingerprint density at radius 2 is 1.83 bits per heavy atom. The number of rotatable bonds is 6. The zero-order valence-corrected chi connectivity index (χ0v) is 23.7. The van der Waals surface area contributed by atoms with Crippen LogP contribution < -0.4 is 11.2 Å². The van der Waals surface area contributed by atoms with Crippen molar-refractivity contribution in [1.29, 1.82) is 0 Å². The lowest BCUT2D eigenvalue weighted by molar-refractivity contribution is -0.147. The quantitative estimate of drug-likeness (QED) is 0.261. The lowest BCUT2D eigenvalue weighted by Crippen LogP contribution is -2.68. The molecule has 42 heavy (non-hydrogen) atoms. The van der Waals surface area contributed by atoms with Crippen LogP contribution in [0.25, 0.3) is 22.6 Å². The number of hydrogen-bond donors (Lipinski definition) is 3. The largest absolute Gasteiger partial charge is 0.508 e. The average molecular weight is 612 g/mol. The zero-order chi connectivity index (χ0) is 29.7. The van der Waals surface area contributed by atoms with E-state index >= 15 is 0 Å². The SMILES string of the molecule is NC1C(=O)N2C(C(=O)O)=C(CSCC(=O)N3CCN(C(=O)c4c5oc6cc(O)ccc6nc-5ccc4=O)CC3)CSC12. The fourth-order valence-corrected chi connectivity index (χ4v) is 7.59. The molecule has 1 aromatic rings. The maximum absolute atomic E-state index is 13.4. The number of aromatic hydroxyl groups is 1. The first-order valence-electron chi connectivity index (χ1n) is 13.0. The number of phenolic OH excluding ortho intramolecular Hbond substituents is 1. The lowest BCUT2D eigenvalue weighted by Gasteiger charge is -2.48. The fourth-order valence-electron chi connectivity index (χ4n) is 5.23. The van der Waals surface area contributed by atoms with Gasteiger partial charge in [0.2, 0.25) is 11.8 Å². The predicted molar refractivity (Wildman–Crippen MR) is 154 cm³/mol. The van der Waals surface area contributed by atoms with E-state index in [0.29, 0.717) is 22.5 Å². The second-order valence-electron chi connectivity index (χ2n) is 10.0. The van der Waals surface area contributed by atoms with Crippen LogP contribution in [0.1, 0.15) is 10.4 Å². The summed E-state index contributed by atoms with van der Waals surface area (Å²) >= 11 is 2.68. The van der Waals surface area contributed by atoms with Crippen LogP contribution in [0.5, 0.6) is 5.75 Å². The van der Waals surface area contributed by atoms with Crippen molar-refractivity contribution in [3.8, 4) is 17.2 Å². The number of phenols is 1. The van der Waals surface area contributed by atoms with Crippen LogP contribution in [0, 0.1) is 0 Å². The standard InChI is InChI=1S/C27H25N5O8S2/c28-21-25(37)32-22(27(38)39)13(11-42-26(21)32)10-41-12-19(35)30-5-7-31(8-6-30)24(36)20-17(34)4-3-16-23(20)40-18-9-14(33)1-2-15(18)29-16/h1-4,9,21,26,33H,5-8,10-12,28H2,(H,38,39). The highest BCUT2D eigenvalue weighted by Gasteiger charge is 2.51. The number of carbonyl (C=O) groups is 4. The number of amides is 3. The molecule has 0 spiro atoms. The molecule has 5 aliphatic rings. The van der Waals surface area contributed by atoms with Crippen molar-refractivity contribution in [2.24, 2.45) is 5.73 Å². The first-order chi connectivity index (χ1) is 20.1. The van der Waals surface area contributed by atoms with Gasteiger partial charge in [-0.15, -0.1) is 23.5 Å². The molecule has 0 radical (unpaired) electrons. The van der Waals surface area contributed by atoms with E-state index in [-0.39, 0.29) is 77.3 Å². The Hall–Kier alpha value is -4.08. The number of nitrogens with zero attached hydrogens (tertiary/aromatic N) is 4. The van der Waals surface area contributed by atoms with E-state index in [0.717, 1.165) is 0 Å². The minimum atomic E-state index is -1.19. The Bertz CT molecular complexity index is 1700. The number of hydrogen-bond acceptors (Lipinski definition) is 11. The van der Waals surface area contributed by atoms with E-state index < -0.39 is 29.3 Å². The van der Waals surface area contributed by atoms with Gasteiger partial charge in [0.15, 0.2) is 16.8 Å². The topological polar surface area (TPSA) is 188 Å². The molecule has 13 nitrogen and oxygen atoms in total. The molecule has 4 N–H and O–H groups in total. The lowest BCUT2D eigenvalue weighted by atomic mass is 10.0. The zero-order valence-electron chi connectivity index (χ0n) is 22.0. The molecule has 3 amide bonds. The molecule has 1 aliphatic carbocycles. The van der Waals surface area contributed by atoms with Crippen LogP contribution >= 0.6 is 23.5 Å². The van der Waals surface area contributed by atoms with E-state index in [4.69, 9.17) is 10.2 Å². The molecule has 218 valence electrons. The number of thioether (sulfide) groups is 2. The first-order valence-corrected chi connectivity index (χ1v) is 15.2. The number of aliphatic carboxylic acids is 1. The summed E-state index contributed by atoms with van der Waals surface area (Å²) in [6.07, 6.45) is 0. The number of carboxylic acid groups (broad SMARTS) is 1. The molecule has 0 aromatic heterocycles. The minimum absolute atomic E-state index is 0.0321. The molecular formula is C27H25N5O8S2. The highest BCUT2D eigenvalue weighted by Crippen LogP contribution is 2.40. The van der Waals surface area contributed by atoms with Crippen LogP contribution in [-0.4, -0.2) is 108 Å². The number of fused-ring (bicyclic) bond motifs is 3. The third kappa shape index (κ3) is 4.86. The number of β-lactam (4-membered cyclic amide) rings is 1. The number of piperazine rings is 1. The maximum atomic E-state index is 13.4. The molecule has 15 heteroatoms. The first kappa shape index (κ1) is 28.1. The Morgan fingerprint density at radius 1 is 1.10 bits per heavy atom. The van der Waals surface area contributed by atoms with E-state index in [1.54, 1.807) is 11.0 Å². The molecule has 1 aromatic carbocycles. The fraction of sp³-hybridized carbons (Fsp3) is 0.333. The van der Waals surface area contributed by atoms with E-state index in [9.17, 15) is 34.2 Å². The summed E-state index contributed by atoms with van der Waals surface area (Å²) < 4.78 is 5.85. The molecule has 4 heterocycles. The molecule has 0 saturated carbocycles. The van der Waals surface area contributed by atoms with Gasteiger partial charge in [0.1, 0.15) is 39.6 Å². The van der Waals surface area contributed by atoms with Crippen molar-refractivity contribution in [1.82, 2.24) is 19.7 Å². The van der Waals surface area contributed by atoms with Crippen molar-refractivity contribution >= 4 is 58.3 Å². The van der Waals surface area contributed by atoms with Gasteiger partial charge in [-0.3, -0.25) is 24.1 Å². The normalized spacial score (nSPS) is 20.6. The van der Waals surface area contributed by atoms with Crippen LogP contribution in [0.4, 0.5) is 0 Å². The third-order valence-electron chi connectivity index (χ3n) is 7.42. The van der Waals surface area contributed by atoms with Crippen molar-refractivity contribution in [3.63, 3.8) is 0 Å². The summed E-state index contributed by atoms with van der Waals surface area (Å²) in [6.45, 7) is 0.932. The van der Waals surface area contributed by atoms with Crippen LogP contribution in [0.15, 0.2) is 50.8 Å². The number of aromatic nitrogens is 1. The van der Waals surface area contributed by atoms with Crippen molar-refractivity contribution in [2.75, 3.05) is 43.4 Å². The Morgan fingerprint density at radius 3 is 2.57 bits per heavy atom. The smallest absolute Gasteiger partial charge is 0.352 e. The number of benzene rings is 2. The molecule has 4 aliphatic heterocycles. The molecular weight excluding hydrogens is 586 g/mol. The van der Waals surface area contributed by atoms with Crippen molar-refractivity contribution in [3.05, 3.63) is 57.4 Å². The van der Waals surface area contributed by atoms with Gasteiger partial charge in [0.25, 0.3) is 5.91 Å². The summed E-state index contributed by atoms with van der Waals surface area (Å²) in [5.41, 5.74) is 6.66. The van der Waals surface area contributed by atoms with E-state index in [1.165, 1.54) is 57.6 Å². The van der Waals surface area contributed by atoms with Crippen LogP contribution in [-0.2, 0) is 14.4 Å². The Labute approximate surface area is 246 Å². The molecule has 2 atom stereocenters. The molecule has 2 saturated heterocycles. The monoisotopic (exact) mass is 611 g/mol. The van der Waals surface area contributed by atoms with Gasteiger partial charge >= 0.3 is 5.97 Å². The molecule has 0 bridgehead atoms. The maximum Gasteiger partial charge on any atom is 0.352 e. The third-order valence-corrected chi connectivity index (χ3v) is 9.79. The number of carboxylic acids is 1. The van der Waals surface area contributed by atoms with Gasteiger partial charge < -0.3 is 30.2 Å². The Balaban J connectivity index is 1.08. The van der Waals surface area contributed by atoms with Crippen molar-refractivity contribution < 1.29 is 33.8 Å². The number of carbonyl (C=O) groups excluding carboxylic acids is 3. The van der Waals surface area contributed by atoms with Gasteiger partial charge in [-0.05, 0) is 29.8 Å². The van der Waals surface area contributed by atoms with Gasteiger partial charge in [-0.1, -0.05) is 0 Å². The second kappa shape index (κ2) is 11.0. The molecule has 6 rings (SSSR count). The molecule has 2 unspecified atom stereocenters. The Kier molecular flexibility index (Phi) is 7.32. The summed E-state index contributed by atoms with van der Waals surface area (Å²) in [5.74, 6) is -1.51. The van der Waals surface area contributed by atoms with Gasteiger partial charge in [0, 0.05) is 43.8 Å². The molecule has 2 fully saturated rings. The second-order valence-corrected chi connectivity index (χ2v) is 12.1. The van der Waals surface area contributed by atoms with Gasteiger partial charge in [0.05, 0.1) is 5.75 Å². The summed E-state index contributed by atoms with van der Waals surface area (Å²) in [5, 5.41) is 19.1. The number of nitrogens with two attached hydrogens (primary N) is 1. The van der Waals surface area contributed by atoms with Gasteiger partial charge in [-0.25, -0.2) is 9.78 Å². The minimum Gasteiger partial charge on any atom is -0.508 e. The highest BCUT2D eigenvalue weighted by molar-refractivity contribution is 8.01. The van der Waals surface area contributed by atoms with Crippen LogP contribution in [0.2, 0.25) is 0 Å². The highest BCUT2D eigenvalue weighted by atomic mass is 32.2.